The van der Waals surface area contributed by atoms with E-state index in [1.165, 1.54) is 27.3 Å². The third kappa shape index (κ3) is 21.4. The normalized spacial score (nSPS) is 25.8. The number of amides is 5. The summed E-state index contributed by atoms with van der Waals surface area (Å²) in [6, 6.07) is 10.6. The van der Waals surface area contributed by atoms with Crippen LogP contribution in [-0.4, -0.2) is 164 Å². The summed E-state index contributed by atoms with van der Waals surface area (Å²) in [5.41, 5.74) is 0.977. The van der Waals surface area contributed by atoms with Crippen LogP contribution in [0.2, 0.25) is 5.02 Å². The predicted octanol–water partition coefficient (Wildman–Crippen LogP) is 4.00. The Kier molecular flexibility index (Phi) is 27.8. The first-order valence-electron chi connectivity index (χ1n) is 30.0. The maximum Gasteiger partial charge on any atom is 0.347 e. The molecule has 5 rings (SSSR count). The van der Waals surface area contributed by atoms with Crippen molar-refractivity contribution in [2.24, 2.45) is 29.1 Å². The molecule has 3 aliphatic heterocycles. The average Bonchev–Trinajstić information content (AvgIpc) is 1.75. The molecule has 2 fully saturated rings. The van der Waals surface area contributed by atoms with Crippen LogP contribution in [0.15, 0.2) is 54.6 Å². The van der Waals surface area contributed by atoms with Gasteiger partial charge >= 0.3 is 11.9 Å². The summed E-state index contributed by atoms with van der Waals surface area (Å²) in [4.78, 5) is 121. The number of ether oxygens (including phenoxy) is 6. The van der Waals surface area contributed by atoms with Gasteiger partial charge in [0.2, 0.25) is 23.6 Å². The molecule has 3 aliphatic rings. The molecule has 8 N–H and O–H groups in total. The largest absolute Gasteiger partial charge is 0.495 e. The predicted molar refractivity (Wildman–Crippen MR) is 318 cm³/mol. The van der Waals surface area contributed by atoms with E-state index in [9.17, 15) is 58.5 Å². The molecular formula is C63H90ClN5O18. The maximum absolute atomic E-state index is 14.2. The molecule has 2 aromatic rings. The van der Waals surface area contributed by atoms with Crippen LogP contribution in [0.1, 0.15) is 135 Å². The molecule has 0 spiro atoms. The van der Waals surface area contributed by atoms with Gasteiger partial charge in [0.05, 0.1) is 29.7 Å². The van der Waals surface area contributed by atoms with Crippen molar-refractivity contribution < 1.29 is 86.9 Å². The van der Waals surface area contributed by atoms with E-state index in [1.807, 2.05) is 45.0 Å². The summed E-state index contributed by atoms with van der Waals surface area (Å²) >= 11 is 6.40. The molecule has 482 valence electrons. The Morgan fingerprint density at radius 2 is 1.52 bits per heavy atom. The molecule has 0 radical (unpaired) electrons. The van der Waals surface area contributed by atoms with Crippen LogP contribution in [0.5, 0.6) is 5.75 Å². The molecule has 0 saturated carbocycles. The highest BCUT2D eigenvalue weighted by molar-refractivity contribution is 6.32. The number of esters is 2. The number of aryl methyl sites for hydroxylation is 1. The van der Waals surface area contributed by atoms with Gasteiger partial charge in [-0.1, -0.05) is 89.0 Å². The van der Waals surface area contributed by atoms with Crippen LogP contribution in [-0.2, 0) is 79.7 Å². The first-order chi connectivity index (χ1) is 41.2. The first-order valence-corrected chi connectivity index (χ1v) is 30.3. The van der Waals surface area contributed by atoms with Gasteiger partial charge in [-0.3, -0.25) is 38.4 Å². The monoisotopic (exact) mass is 1240 g/mol. The Morgan fingerprint density at radius 1 is 0.828 bits per heavy atom. The fourth-order valence-electron chi connectivity index (χ4n) is 10.4. The number of nitrogens with one attached hydrogen (secondary N) is 5. The van der Waals surface area contributed by atoms with Crippen molar-refractivity contribution >= 4 is 64.6 Å². The van der Waals surface area contributed by atoms with E-state index < -0.39 is 120 Å². The van der Waals surface area contributed by atoms with Gasteiger partial charge in [0.1, 0.15) is 48.1 Å². The first kappa shape index (κ1) is 71.4. The molecular weight excluding hydrogens is 1150 g/mol. The fourth-order valence-corrected chi connectivity index (χ4v) is 10.7. The van der Waals surface area contributed by atoms with Crippen LogP contribution in [0.4, 0.5) is 0 Å². The highest BCUT2D eigenvalue weighted by atomic mass is 35.5. The molecule has 87 heavy (non-hydrogen) atoms. The van der Waals surface area contributed by atoms with Crippen LogP contribution in [0, 0.1) is 29.1 Å². The number of benzene rings is 2. The number of carbonyl (C=O) groups is 9. The number of ketones is 2. The Hall–Kier alpha value is -6.34. The molecule has 24 heteroatoms. The number of cyclic esters (lactones) is 2. The lowest BCUT2D eigenvalue weighted by atomic mass is 9.85. The van der Waals surface area contributed by atoms with Gasteiger partial charge in [-0.2, -0.15) is 0 Å². The number of aliphatic hydroxyl groups excluding tert-OH is 3. The third-order valence-corrected chi connectivity index (χ3v) is 16.2. The second kappa shape index (κ2) is 33.9. The third-order valence-electron chi connectivity index (χ3n) is 15.9. The minimum atomic E-state index is -1.72. The van der Waals surface area contributed by atoms with Crippen molar-refractivity contribution in [1.29, 1.82) is 0 Å². The lowest BCUT2D eigenvalue weighted by Crippen LogP contribution is -2.61. The van der Waals surface area contributed by atoms with Gasteiger partial charge in [-0.15, -0.1) is 0 Å². The zero-order valence-corrected chi connectivity index (χ0v) is 52.4. The standard InChI is InChI=1S/C63H90ClN5O18/c1-34(2)29-47-60(80)84-45(16-13-18-49(73)68-42(31-38-23-27-46(82-9)41(64)30-38)58(78)67-33-63(6,7)62(81)85-47)36(5)55-56(86-55)39-24-20-37(21-25-39)22-26-43(70)40(32-44(71)51(35(3)4)69-50(74)19-14-17-48(72)65-8)15-11-12-28-66-59(79)57-53(76)52(75)54(77)61(83-10)87-57/h13,18,20-21,23-25,27,30,34-36,40,42,45,47,51-57,61,75-77H,11-12,14-17,19,22,26,28-29,31-33H2,1-10H3,(H,65,72)(H,66,79)(H,67,78)(H,68,73)(H,69,74)/b18-13+/t36-,40+,42+,45-,47-,51-,52-,53-,54+,55+,56+,57-,61+/m0/s1. The molecule has 0 aliphatic carbocycles. The number of rotatable bonds is 28. The number of unbranched alkanes of at least 4 members (excludes halogenated alkanes) is 1. The van der Waals surface area contributed by atoms with Crippen molar-refractivity contribution in [3.8, 4) is 5.75 Å². The second-order valence-corrected chi connectivity index (χ2v) is 24.6. The lowest BCUT2D eigenvalue weighted by Gasteiger charge is -2.38. The van der Waals surface area contributed by atoms with Crippen molar-refractivity contribution in [2.45, 2.75) is 193 Å². The van der Waals surface area contributed by atoms with Gasteiger partial charge in [-0.25, -0.2) is 4.79 Å². The fraction of sp³-hybridized carbons (Fsp3) is 0.635. The smallest absolute Gasteiger partial charge is 0.347 e. The SMILES string of the molecule is CNC(=O)CCCC(=O)N[C@H](C(=O)C[C@@H](CCCCNC(=O)[C@H]1O[C@@H](OC)[C@H](O)[C@@H](O)[C@@H]1O)C(=O)CCc1ccc([C@H]2O[C@@H]2[C@@H](C)[C@@H]2C/C=C/C(=O)N[C@H](Cc3ccc(OC)c(Cl)c3)C(=O)NCC(C)(C)C(=O)O[C@@H](CC(C)C)C(=O)O2)cc1)C(C)C. The van der Waals surface area contributed by atoms with E-state index >= 15 is 0 Å². The van der Waals surface area contributed by atoms with E-state index in [0.717, 1.165) is 11.1 Å². The number of aliphatic hydroxyl groups is 3. The van der Waals surface area contributed by atoms with Gasteiger partial charge in [0.25, 0.3) is 5.91 Å². The minimum absolute atomic E-state index is 0.0279. The summed E-state index contributed by atoms with van der Waals surface area (Å²) in [6.07, 6.45) is -6.04. The van der Waals surface area contributed by atoms with Gasteiger partial charge in [0, 0.05) is 77.6 Å². The number of epoxide rings is 1. The van der Waals surface area contributed by atoms with Crippen molar-refractivity contribution in [1.82, 2.24) is 26.6 Å². The molecule has 23 nitrogen and oxygen atoms in total. The Labute approximate surface area is 514 Å². The van der Waals surface area contributed by atoms with Crippen molar-refractivity contribution in [3.05, 3.63) is 76.3 Å². The quantitative estimate of drug-likeness (QED) is 0.0339. The number of hydrogen-bond donors (Lipinski definition) is 8. The highest BCUT2D eigenvalue weighted by Crippen LogP contribution is 2.45. The molecule has 2 aromatic carbocycles. The molecule has 0 aromatic heterocycles. The Balaban J connectivity index is 1.27. The lowest BCUT2D eigenvalue weighted by molar-refractivity contribution is -0.283. The van der Waals surface area contributed by atoms with Crippen LogP contribution in [0.25, 0.3) is 0 Å². The van der Waals surface area contributed by atoms with Crippen LogP contribution >= 0.6 is 11.6 Å². The molecule has 2 saturated heterocycles. The molecule has 0 bridgehead atoms. The summed E-state index contributed by atoms with van der Waals surface area (Å²) < 4.78 is 34.0. The van der Waals surface area contributed by atoms with E-state index in [-0.39, 0.29) is 100 Å². The minimum Gasteiger partial charge on any atom is -0.495 e. The van der Waals surface area contributed by atoms with Crippen LogP contribution in [0.3, 0.4) is 0 Å². The summed E-state index contributed by atoms with van der Waals surface area (Å²) in [5.74, 6) is -5.66. The summed E-state index contributed by atoms with van der Waals surface area (Å²) in [5, 5.41) is 44.6. The van der Waals surface area contributed by atoms with E-state index in [1.54, 1.807) is 52.0 Å². The van der Waals surface area contributed by atoms with E-state index in [2.05, 4.69) is 26.6 Å². The zero-order chi connectivity index (χ0) is 64.3. The molecule has 3 heterocycles. The number of halogens is 1. The number of hydrogen-bond acceptors (Lipinski definition) is 18. The molecule has 0 unspecified atom stereocenters. The summed E-state index contributed by atoms with van der Waals surface area (Å²) in [7, 11) is 4.20. The van der Waals surface area contributed by atoms with Gasteiger partial charge in [0.15, 0.2) is 24.3 Å². The average molecular weight is 1240 g/mol. The molecule has 13 atom stereocenters. The van der Waals surface area contributed by atoms with Crippen molar-refractivity contribution in [3.63, 3.8) is 0 Å². The topological polar surface area (TPSA) is 333 Å². The number of carbonyl (C=O) groups excluding carboxylic acids is 9. The van der Waals surface area contributed by atoms with Gasteiger partial charge in [-0.05, 0) is 92.7 Å². The Morgan fingerprint density at radius 3 is 2.16 bits per heavy atom. The van der Waals surface area contributed by atoms with E-state index in [0.29, 0.717) is 35.6 Å². The Bertz CT molecular complexity index is 2720. The van der Waals surface area contributed by atoms with Crippen LogP contribution < -0.4 is 31.3 Å². The molecule has 5 amide bonds. The maximum atomic E-state index is 14.2. The number of Topliss-reactive ketones (excluding diaryl/α,β-unsaturated/α-hetero) is 2. The zero-order valence-electron chi connectivity index (χ0n) is 51.6. The van der Waals surface area contributed by atoms with E-state index in [4.69, 9.17) is 40.0 Å². The summed E-state index contributed by atoms with van der Waals surface area (Å²) in [6.45, 7) is 12.3. The van der Waals surface area contributed by atoms with Gasteiger partial charge < -0.3 is 70.3 Å². The second-order valence-electron chi connectivity index (χ2n) is 24.2. The highest BCUT2D eigenvalue weighted by Gasteiger charge is 2.49. The number of methoxy groups -OCH3 is 2. The van der Waals surface area contributed by atoms with Crippen molar-refractivity contribution in [2.75, 3.05) is 34.4 Å².